The summed E-state index contributed by atoms with van der Waals surface area (Å²) in [4.78, 5) is 22.5. The van der Waals surface area contributed by atoms with Gasteiger partial charge in [0.05, 0.1) is 12.8 Å². The van der Waals surface area contributed by atoms with Crippen molar-refractivity contribution in [2.75, 3.05) is 7.11 Å². The molecule has 0 aliphatic carbocycles. The average molecular weight is 219 g/mol. The molecule has 1 N–H and O–H groups in total. The highest BCUT2D eigenvalue weighted by atomic mass is 16.5. The van der Waals surface area contributed by atoms with E-state index in [-0.39, 0.29) is 17.4 Å². The van der Waals surface area contributed by atoms with Crippen LogP contribution in [0.25, 0.3) is 0 Å². The van der Waals surface area contributed by atoms with Crippen LogP contribution in [0.4, 0.5) is 0 Å². The van der Waals surface area contributed by atoms with Crippen LogP contribution in [-0.4, -0.2) is 18.8 Å². The Bertz CT molecular complexity index is 420. The van der Waals surface area contributed by atoms with Crippen LogP contribution in [0, 0.1) is 0 Å². The van der Waals surface area contributed by atoms with E-state index in [9.17, 15) is 9.59 Å². The Labute approximate surface area is 93.9 Å². The summed E-state index contributed by atoms with van der Waals surface area (Å²) in [5, 5.41) is 2.36. The molecule has 0 radical (unpaired) electrons. The maximum absolute atomic E-state index is 11.7. The van der Waals surface area contributed by atoms with Gasteiger partial charge in [0.1, 0.15) is 5.75 Å². The van der Waals surface area contributed by atoms with Crippen LogP contribution < -0.4 is 10.1 Å². The van der Waals surface area contributed by atoms with Gasteiger partial charge in [-0.05, 0) is 24.3 Å². The highest BCUT2D eigenvalue weighted by molar-refractivity contribution is 6.09. The number of carbonyl (C=O) groups excluding carboxylic acids is 2. The van der Waals surface area contributed by atoms with Crippen LogP contribution in [0.5, 0.6) is 5.75 Å². The first kappa shape index (κ1) is 12.0. The Morgan fingerprint density at radius 2 is 1.81 bits per heavy atom. The third-order valence-corrected chi connectivity index (χ3v) is 1.95. The number of hydrogen-bond donors (Lipinski definition) is 1. The van der Waals surface area contributed by atoms with Gasteiger partial charge >= 0.3 is 0 Å². The van der Waals surface area contributed by atoms with Gasteiger partial charge in [-0.25, -0.2) is 0 Å². The quantitative estimate of drug-likeness (QED) is 0.617. The molecular formula is C12H13NO3. The molecule has 4 nitrogen and oxygen atoms in total. The van der Waals surface area contributed by atoms with Gasteiger partial charge in [-0.3, -0.25) is 9.59 Å². The molecular weight excluding hydrogens is 206 g/mol. The highest BCUT2D eigenvalue weighted by Gasteiger charge is 2.10. The normalized spacial score (nSPS) is 9.38. The second-order valence-corrected chi connectivity index (χ2v) is 3.22. The van der Waals surface area contributed by atoms with E-state index >= 15 is 0 Å². The summed E-state index contributed by atoms with van der Waals surface area (Å²) >= 11 is 0. The predicted octanol–water partition coefficient (Wildman–Crippen LogP) is 1.53. The monoisotopic (exact) mass is 219 g/mol. The van der Waals surface area contributed by atoms with Crippen molar-refractivity contribution >= 4 is 11.7 Å². The first-order chi connectivity index (χ1) is 7.54. The number of Topliss-reactive ketones (excluding diaryl/α,β-unsaturated/α-hetero) is 1. The second kappa shape index (κ2) is 5.11. The molecule has 0 saturated carbocycles. The van der Waals surface area contributed by atoms with Crippen LogP contribution in [0.1, 0.15) is 17.3 Å². The minimum atomic E-state index is -0.313. The Balaban J connectivity index is 2.80. The molecule has 0 spiro atoms. The van der Waals surface area contributed by atoms with Crippen molar-refractivity contribution in [3.63, 3.8) is 0 Å². The van der Waals surface area contributed by atoms with Gasteiger partial charge < -0.3 is 10.1 Å². The largest absolute Gasteiger partial charge is 0.497 e. The summed E-state index contributed by atoms with van der Waals surface area (Å²) in [6, 6.07) is 6.59. The molecule has 0 aliphatic heterocycles. The third kappa shape index (κ3) is 2.95. The zero-order chi connectivity index (χ0) is 12.1. The van der Waals surface area contributed by atoms with Gasteiger partial charge in [-0.1, -0.05) is 6.58 Å². The van der Waals surface area contributed by atoms with Gasteiger partial charge in [-0.2, -0.15) is 0 Å². The number of benzene rings is 1. The molecule has 0 aliphatic rings. The molecule has 0 bridgehead atoms. The summed E-state index contributed by atoms with van der Waals surface area (Å²) in [6.45, 7) is 4.83. The van der Waals surface area contributed by atoms with Crippen molar-refractivity contribution in [2.45, 2.75) is 6.92 Å². The number of carbonyl (C=O) groups is 2. The number of ether oxygens (including phenoxy) is 1. The fourth-order valence-electron chi connectivity index (χ4n) is 1.19. The molecule has 0 aromatic heterocycles. The molecule has 1 rings (SSSR count). The lowest BCUT2D eigenvalue weighted by Gasteiger charge is -2.05. The lowest BCUT2D eigenvalue weighted by atomic mass is 10.1. The van der Waals surface area contributed by atoms with Crippen LogP contribution in [0.2, 0.25) is 0 Å². The maximum Gasteiger partial charge on any atom is 0.221 e. The SMILES string of the molecule is C=C(NC(C)=O)C(=O)c1ccc(OC)cc1. The van der Waals surface area contributed by atoms with Crippen LogP contribution >= 0.6 is 0 Å². The molecule has 0 unspecified atom stereocenters. The molecule has 0 fully saturated rings. The molecule has 1 aromatic carbocycles. The van der Waals surface area contributed by atoms with Crippen molar-refractivity contribution in [3.8, 4) is 5.75 Å². The van der Waals surface area contributed by atoms with E-state index in [2.05, 4.69) is 11.9 Å². The fraction of sp³-hybridized carbons (Fsp3) is 0.167. The van der Waals surface area contributed by atoms with E-state index in [0.29, 0.717) is 11.3 Å². The summed E-state index contributed by atoms with van der Waals surface area (Å²) in [7, 11) is 1.55. The Morgan fingerprint density at radius 3 is 2.25 bits per heavy atom. The number of ketones is 1. The summed E-state index contributed by atoms with van der Waals surface area (Å²) in [5.41, 5.74) is 0.525. The predicted molar refractivity (Wildman–Crippen MR) is 60.3 cm³/mol. The Kier molecular flexibility index (Phi) is 3.83. The topological polar surface area (TPSA) is 55.4 Å². The Morgan fingerprint density at radius 1 is 1.25 bits per heavy atom. The number of nitrogens with one attached hydrogen (secondary N) is 1. The van der Waals surface area contributed by atoms with Gasteiger partial charge in [0.25, 0.3) is 0 Å². The fourth-order valence-corrected chi connectivity index (χ4v) is 1.19. The summed E-state index contributed by atoms with van der Waals surface area (Å²) in [6.07, 6.45) is 0. The standard InChI is InChI=1S/C12H13NO3/c1-8(13-9(2)14)12(15)10-4-6-11(16-3)7-5-10/h4-7H,1H2,2-3H3,(H,13,14). The molecule has 1 amide bonds. The molecule has 0 saturated heterocycles. The van der Waals surface area contributed by atoms with Crippen LogP contribution in [-0.2, 0) is 4.79 Å². The van der Waals surface area contributed by atoms with Crippen molar-refractivity contribution < 1.29 is 14.3 Å². The number of allylic oxidation sites excluding steroid dienone is 1. The zero-order valence-corrected chi connectivity index (χ0v) is 9.24. The number of amides is 1. The number of hydrogen-bond acceptors (Lipinski definition) is 3. The van der Waals surface area contributed by atoms with E-state index in [1.54, 1.807) is 31.4 Å². The van der Waals surface area contributed by atoms with E-state index < -0.39 is 0 Å². The van der Waals surface area contributed by atoms with E-state index in [4.69, 9.17) is 4.74 Å². The van der Waals surface area contributed by atoms with Crippen LogP contribution in [0.15, 0.2) is 36.5 Å². The smallest absolute Gasteiger partial charge is 0.221 e. The summed E-state index contributed by atoms with van der Waals surface area (Å²) in [5.74, 6) is 0.0476. The van der Waals surface area contributed by atoms with Crippen molar-refractivity contribution in [1.29, 1.82) is 0 Å². The first-order valence-corrected chi connectivity index (χ1v) is 4.70. The zero-order valence-electron chi connectivity index (χ0n) is 9.24. The van der Waals surface area contributed by atoms with Gasteiger partial charge in [-0.15, -0.1) is 0 Å². The lowest BCUT2D eigenvalue weighted by Crippen LogP contribution is -2.24. The van der Waals surface area contributed by atoms with Crippen molar-refractivity contribution in [1.82, 2.24) is 5.32 Å². The van der Waals surface area contributed by atoms with Gasteiger partial charge in [0.2, 0.25) is 11.7 Å². The maximum atomic E-state index is 11.7. The highest BCUT2D eigenvalue weighted by Crippen LogP contribution is 2.13. The minimum Gasteiger partial charge on any atom is -0.497 e. The van der Waals surface area contributed by atoms with Crippen molar-refractivity contribution in [3.05, 3.63) is 42.1 Å². The van der Waals surface area contributed by atoms with Gasteiger partial charge in [0.15, 0.2) is 0 Å². The van der Waals surface area contributed by atoms with E-state index in [0.717, 1.165) is 0 Å². The summed E-state index contributed by atoms with van der Waals surface area (Å²) < 4.78 is 4.97. The average Bonchev–Trinajstić information content (AvgIpc) is 2.27. The first-order valence-electron chi connectivity index (χ1n) is 4.70. The van der Waals surface area contributed by atoms with E-state index in [1.165, 1.54) is 6.92 Å². The second-order valence-electron chi connectivity index (χ2n) is 3.22. The van der Waals surface area contributed by atoms with Gasteiger partial charge in [0, 0.05) is 12.5 Å². The Hall–Kier alpha value is -2.10. The van der Waals surface area contributed by atoms with Crippen molar-refractivity contribution in [2.24, 2.45) is 0 Å². The third-order valence-electron chi connectivity index (χ3n) is 1.95. The molecule has 0 atom stereocenters. The molecule has 16 heavy (non-hydrogen) atoms. The molecule has 4 heteroatoms. The lowest BCUT2D eigenvalue weighted by molar-refractivity contribution is -0.118. The molecule has 1 aromatic rings. The minimum absolute atomic E-state index is 0.0673. The van der Waals surface area contributed by atoms with E-state index in [1.807, 2.05) is 0 Å². The number of methoxy groups -OCH3 is 1. The number of rotatable bonds is 4. The molecule has 84 valence electrons. The van der Waals surface area contributed by atoms with Crippen LogP contribution in [0.3, 0.4) is 0 Å². The molecule has 0 heterocycles.